The molecule has 0 aliphatic carbocycles. The van der Waals surface area contributed by atoms with Crippen LogP contribution in [0.2, 0.25) is 0 Å². The minimum atomic E-state index is -0.464. The molecule has 0 aliphatic heterocycles. The van der Waals surface area contributed by atoms with Crippen LogP contribution in [0, 0.1) is 6.92 Å². The normalized spacial score (nSPS) is 11.3. The van der Waals surface area contributed by atoms with Crippen molar-refractivity contribution >= 4 is 16.9 Å². The summed E-state index contributed by atoms with van der Waals surface area (Å²) in [5.74, 6) is 0.00306. The van der Waals surface area contributed by atoms with Crippen molar-refractivity contribution in [2.24, 2.45) is 0 Å². The van der Waals surface area contributed by atoms with Crippen LogP contribution in [-0.2, 0) is 16.1 Å². The third-order valence-electron chi connectivity index (χ3n) is 5.28. The Kier molecular flexibility index (Phi) is 6.78. The van der Waals surface area contributed by atoms with Crippen molar-refractivity contribution in [3.8, 4) is 16.9 Å². The van der Waals surface area contributed by atoms with Crippen LogP contribution >= 0.6 is 0 Å². The predicted octanol–water partition coefficient (Wildman–Crippen LogP) is 5.29. The number of hydrogen-bond acceptors (Lipinski definition) is 5. The minimum Gasteiger partial charge on any atom is -0.492 e. The molecule has 4 rings (SSSR count). The Bertz CT molecular complexity index is 1400. The van der Waals surface area contributed by atoms with Crippen molar-refractivity contribution < 1.29 is 18.7 Å². The van der Waals surface area contributed by atoms with Crippen LogP contribution in [0.25, 0.3) is 22.1 Å². The quantitative estimate of drug-likeness (QED) is 0.215. The Morgan fingerprint density at radius 2 is 1.68 bits per heavy atom. The zero-order chi connectivity index (χ0) is 24.1. The van der Waals surface area contributed by atoms with Gasteiger partial charge in [-0.1, -0.05) is 54.6 Å². The molecule has 6 nitrogen and oxygen atoms in total. The first-order valence-electron chi connectivity index (χ1n) is 10.8. The summed E-state index contributed by atoms with van der Waals surface area (Å²) in [7, 11) is 3.26. The van der Waals surface area contributed by atoms with Crippen molar-refractivity contribution in [2.75, 3.05) is 14.1 Å². The number of ether oxygens (including phenoxy) is 2. The molecular weight excluding hydrogens is 430 g/mol. The van der Waals surface area contributed by atoms with Crippen molar-refractivity contribution in [1.82, 2.24) is 4.90 Å². The lowest BCUT2D eigenvalue weighted by Gasteiger charge is -2.15. The molecule has 4 aromatic rings. The Morgan fingerprint density at radius 1 is 0.941 bits per heavy atom. The van der Waals surface area contributed by atoms with Gasteiger partial charge in [0, 0.05) is 37.2 Å². The lowest BCUT2D eigenvalue weighted by molar-refractivity contribution is -0.127. The molecule has 0 N–H and O–H groups in total. The van der Waals surface area contributed by atoms with Crippen LogP contribution in [0.4, 0.5) is 0 Å². The molecule has 0 unspecified atom stereocenters. The summed E-state index contributed by atoms with van der Waals surface area (Å²) >= 11 is 0. The van der Waals surface area contributed by atoms with E-state index in [0.29, 0.717) is 17.9 Å². The average molecular weight is 456 g/mol. The standard InChI is InChI=1S/C28H25NO5/c1-19-9-7-8-12-22(19)24-16-27(30)34-25-15-21(13-14-23(24)25)33-26(28(31)29(2)3)18-32-17-20-10-5-4-6-11-20/h4-16,18H,17H2,1-3H3. The first-order valence-corrected chi connectivity index (χ1v) is 10.8. The van der Waals surface area contributed by atoms with Gasteiger partial charge in [0.2, 0.25) is 5.76 Å². The highest BCUT2D eigenvalue weighted by molar-refractivity contribution is 5.95. The predicted molar refractivity (Wildman–Crippen MR) is 131 cm³/mol. The van der Waals surface area contributed by atoms with Crippen LogP contribution in [0.1, 0.15) is 11.1 Å². The molecule has 34 heavy (non-hydrogen) atoms. The van der Waals surface area contributed by atoms with Crippen molar-refractivity contribution in [3.63, 3.8) is 0 Å². The van der Waals surface area contributed by atoms with Gasteiger partial charge in [-0.05, 0) is 35.7 Å². The van der Waals surface area contributed by atoms with E-state index in [9.17, 15) is 9.59 Å². The number of benzene rings is 3. The number of rotatable bonds is 7. The van der Waals surface area contributed by atoms with E-state index in [4.69, 9.17) is 13.9 Å². The number of amides is 1. The molecule has 0 radical (unpaired) electrons. The largest absolute Gasteiger partial charge is 0.492 e. The number of likely N-dealkylation sites (N-methyl/N-ethyl adjacent to an activating group) is 1. The number of fused-ring (bicyclic) bond motifs is 1. The molecule has 1 amide bonds. The Hall–Kier alpha value is -4.32. The Balaban J connectivity index is 1.66. The van der Waals surface area contributed by atoms with Gasteiger partial charge in [-0.2, -0.15) is 0 Å². The summed E-state index contributed by atoms with van der Waals surface area (Å²) in [6.07, 6.45) is 1.31. The van der Waals surface area contributed by atoms with Gasteiger partial charge in [-0.15, -0.1) is 0 Å². The van der Waals surface area contributed by atoms with Crippen LogP contribution < -0.4 is 10.4 Å². The Morgan fingerprint density at radius 3 is 2.41 bits per heavy atom. The number of hydrogen-bond donors (Lipinski definition) is 0. The van der Waals surface area contributed by atoms with Gasteiger partial charge in [0.05, 0.1) is 0 Å². The SMILES string of the molecule is Cc1ccccc1-c1cc(=O)oc2cc(OC(=COCc3ccccc3)C(=O)N(C)C)ccc12. The van der Waals surface area contributed by atoms with E-state index in [1.54, 1.807) is 26.2 Å². The summed E-state index contributed by atoms with van der Waals surface area (Å²) in [5.41, 5.74) is 3.65. The maximum absolute atomic E-state index is 12.7. The average Bonchev–Trinajstić information content (AvgIpc) is 2.83. The van der Waals surface area contributed by atoms with E-state index in [1.165, 1.54) is 17.2 Å². The highest BCUT2D eigenvalue weighted by Gasteiger charge is 2.17. The third-order valence-corrected chi connectivity index (χ3v) is 5.28. The maximum atomic E-state index is 12.7. The summed E-state index contributed by atoms with van der Waals surface area (Å²) in [5, 5.41) is 0.769. The molecule has 0 atom stereocenters. The highest BCUT2D eigenvalue weighted by atomic mass is 16.5. The van der Waals surface area contributed by atoms with Crippen LogP contribution in [-0.4, -0.2) is 24.9 Å². The molecule has 1 heterocycles. The summed E-state index contributed by atoms with van der Waals surface area (Å²) < 4.78 is 16.9. The first kappa shape index (κ1) is 22.9. The molecule has 172 valence electrons. The maximum Gasteiger partial charge on any atom is 0.336 e. The lowest BCUT2D eigenvalue weighted by atomic mass is 9.98. The molecule has 0 fully saturated rings. The third kappa shape index (κ3) is 5.18. The van der Waals surface area contributed by atoms with Gasteiger partial charge in [-0.3, -0.25) is 4.79 Å². The fourth-order valence-electron chi connectivity index (χ4n) is 3.56. The second-order valence-electron chi connectivity index (χ2n) is 8.03. The van der Waals surface area contributed by atoms with E-state index in [-0.39, 0.29) is 11.7 Å². The zero-order valence-corrected chi connectivity index (χ0v) is 19.3. The molecule has 6 heteroatoms. The smallest absolute Gasteiger partial charge is 0.336 e. The van der Waals surface area contributed by atoms with Gasteiger partial charge >= 0.3 is 5.63 Å². The molecule has 1 aromatic heterocycles. The molecule has 0 saturated heterocycles. The van der Waals surface area contributed by atoms with E-state index in [1.807, 2.05) is 67.6 Å². The van der Waals surface area contributed by atoms with Gasteiger partial charge < -0.3 is 18.8 Å². The lowest BCUT2D eigenvalue weighted by Crippen LogP contribution is -2.26. The summed E-state index contributed by atoms with van der Waals surface area (Å²) in [6, 6.07) is 24.1. The highest BCUT2D eigenvalue weighted by Crippen LogP contribution is 2.32. The molecular formula is C28H25NO5. The zero-order valence-electron chi connectivity index (χ0n) is 19.3. The fraction of sp³-hybridized carbons (Fsp3) is 0.143. The molecule has 0 saturated carbocycles. The van der Waals surface area contributed by atoms with E-state index < -0.39 is 5.63 Å². The van der Waals surface area contributed by atoms with E-state index in [2.05, 4.69) is 0 Å². The molecule has 0 aliphatic rings. The molecule has 0 bridgehead atoms. The first-order chi connectivity index (χ1) is 16.4. The fourth-order valence-corrected chi connectivity index (χ4v) is 3.56. The van der Waals surface area contributed by atoms with Crippen molar-refractivity contribution in [2.45, 2.75) is 13.5 Å². The monoisotopic (exact) mass is 455 g/mol. The Labute approximate surface area is 197 Å². The number of nitrogens with zero attached hydrogens (tertiary/aromatic N) is 1. The summed E-state index contributed by atoms with van der Waals surface area (Å²) in [4.78, 5) is 26.4. The van der Waals surface area contributed by atoms with Gasteiger partial charge in [0.1, 0.15) is 24.2 Å². The van der Waals surface area contributed by atoms with Gasteiger partial charge in [-0.25, -0.2) is 4.79 Å². The van der Waals surface area contributed by atoms with Crippen LogP contribution in [0.3, 0.4) is 0 Å². The van der Waals surface area contributed by atoms with Gasteiger partial charge in [0.25, 0.3) is 5.91 Å². The number of aryl methyl sites for hydroxylation is 1. The molecule has 0 spiro atoms. The van der Waals surface area contributed by atoms with Crippen molar-refractivity contribution in [1.29, 1.82) is 0 Å². The topological polar surface area (TPSA) is 69.0 Å². The van der Waals surface area contributed by atoms with Crippen LogP contribution in [0.5, 0.6) is 5.75 Å². The molecule has 3 aromatic carbocycles. The van der Waals surface area contributed by atoms with Gasteiger partial charge in [0.15, 0.2) is 0 Å². The number of carbonyl (C=O) groups excluding carboxylic acids is 1. The van der Waals surface area contributed by atoms with E-state index >= 15 is 0 Å². The minimum absolute atomic E-state index is 0.0117. The number of carbonyl (C=O) groups is 1. The van der Waals surface area contributed by atoms with Crippen molar-refractivity contribution in [3.05, 3.63) is 112 Å². The van der Waals surface area contributed by atoms with E-state index in [0.717, 1.165) is 27.6 Å². The second kappa shape index (κ2) is 10.1. The second-order valence-corrected chi connectivity index (χ2v) is 8.03. The summed E-state index contributed by atoms with van der Waals surface area (Å²) in [6.45, 7) is 2.29. The van der Waals surface area contributed by atoms with Crippen LogP contribution in [0.15, 0.2) is 100 Å².